The summed E-state index contributed by atoms with van der Waals surface area (Å²) in [5.74, 6) is -13.1. The summed E-state index contributed by atoms with van der Waals surface area (Å²) in [7, 11) is 0. The van der Waals surface area contributed by atoms with Crippen molar-refractivity contribution in [2.45, 2.75) is 51.9 Å². The Bertz CT molecular complexity index is 719. The first-order chi connectivity index (χ1) is 13.8. The molecule has 9 heteroatoms. The lowest BCUT2D eigenvalue weighted by Gasteiger charge is -2.31. The minimum Gasteiger partial charge on any atom is -0.465 e. The van der Waals surface area contributed by atoms with Crippen LogP contribution in [0.4, 0.5) is 22.0 Å². The number of carbonyl (C=O) groups excluding carboxylic acids is 2. The van der Waals surface area contributed by atoms with Gasteiger partial charge in [0, 0.05) is 13.1 Å². The predicted molar refractivity (Wildman–Crippen MR) is 94.6 cm³/mol. The molecule has 1 amide bonds. The summed E-state index contributed by atoms with van der Waals surface area (Å²) >= 11 is 0. The predicted octanol–water partition coefficient (Wildman–Crippen LogP) is 4.75. The van der Waals surface area contributed by atoms with Gasteiger partial charge in [0.1, 0.15) is 5.56 Å². The number of esters is 1. The van der Waals surface area contributed by atoms with Crippen molar-refractivity contribution in [3.05, 3.63) is 34.6 Å². The van der Waals surface area contributed by atoms with Crippen LogP contribution in [0.25, 0.3) is 0 Å². The molecule has 1 fully saturated rings. The highest BCUT2D eigenvalue weighted by atomic mass is 19.2. The summed E-state index contributed by atoms with van der Waals surface area (Å²) in [5, 5.41) is 0. The fraction of sp³-hybridized carbons (Fsp3) is 0.600. The first-order valence-corrected chi connectivity index (χ1v) is 9.76. The summed E-state index contributed by atoms with van der Waals surface area (Å²) in [4.78, 5) is 25.4. The van der Waals surface area contributed by atoms with Gasteiger partial charge in [0.15, 0.2) is 23.3 Å². The molecule has 29 heavy (non-hydrogen) atoms. The number of nitrogens with zero attached hydrogens (tertiary/aromatic N) is 1. The Hall–Kier alpha value is -2.19. The van der Waals surface area contributed by atoms with Crippen LogP contribution in [0.15, 0.2) is 0 Å². The maximum absolute atomic E-state index is 13.8. The molecule has 1 aliphatic rings. The van der Waals surface area contributed by atoms with Gasteiger partial charge in [0.25, 0.3) is 5.91 Å². The van der Waals surface area contributed by atoms with Gasteiger partial charge in [-0.3, -0.25) is 9.59 Å². The average Bonchev–Trinajstić information content (AvgIpc) is 2.73. The standard InChI is InChI=1S/C20H24F5NO3/c1-2-3-4-5-6-11-29-20(28)12-7-9-26(10-8-12)19(27)13-14(21)16(23)18(25)17(24)15(13)22/h12H,2-11H2,1H3. The van der Waals surface area contributed by atoms with Crippen molar-refractivity contribution < 1.29 is 36.3 Å². The Balaban J connectivity index is 1.90. The fourth-order valence-electron chi connectivity index (χ4n) is 3.27. The maximum Gasteiger partial charge on any atom is 0.309 e. The summed E-state index contributed by atoms with van der Waals surface area (Å²) < 4.78 is 72.6. The monoisotopic (exact) mass is 421 g/mol. The first kappa shape index (κ1) is 23.1. The van der Waals surface area contributed by atoms with Crippen LogP contribution in [-0.4, -0.2) is 36.5 Å². The van der Waals surface area contributed by atoms with Crippen molar-refractivity contribution in [1.82, 2.24) is 4.90 Å². The number of carbonyl (C=O) groups is 2. The van der Waals surface area contributed by atoms with Gasteiger partial charge in [-0.05, 0) is 19.3 Å². The van der Waals surface area contributed by atoms with Crippen molar-refractivity contribution in [2.75, 3.05) is 19.7 Å². The molecule has 1 aromatic rings. The second kappa shape index (κ2) is 10.5. The Kier molecular flexibility index (Phi) is 8.40. The van der Waals surface area contributed by atoms with Gasteiger partial charge in [0.2, 0.25) is 5.82 Å². The van der Waals surface area contributed by atoms with Gasteiger partial charge < -0.3 is 9.64 Å². The lowest BCUT2D eigenvalue weighted by atomic mass is 9.96. The van der Waals surface area contributed by atoms with Crippen LogP contribution < -0.4 is 0 Å². The summed E-state index contributed by atoms with van der Waals surface area (Å²) in [6, 6.07) is 0. The van der Waals surface area contributed by atoms with Gasteiger partial charge in [-0.1, -0.05) is 32.6 Å². The van der Waals surface area contributed by atoms with E-state index < -0.39 is 52.4 Å². The van der Waals surface area contributed by atoms with E-state index in [2.05, 4.69) is 6.92 Å². The summed E-state index contributed by atoms with van der Waals surface area (Å²) in [6.07, 6.45) is 5.43. The highest BCUT2D eigenvalue weighted by molar-refractivity contribution is 5.95. The van der Waals surface area contributed by atoms with E-state index in [1.807, 2.05) is 0 Å². The van der Waals surface area contributed by atoms with Crippen molar-refractivity contribution in [2.24, 2.45) is 5.92 Å². The van der Waals surface area contributed by atoms with E-state index in [1.54, 1.807) is 0 Å². The number of unbranched alkanes of at least 4 members (excludes halogenated alkanes) is 4. The number of halogens is 5. The van der Waals surface area contributed by atoms with E-state index in [-0.39, 0.29) is 25.9 Å². The lowest BCUT2D eigenvalue weighted by molar-refractivity contribution is -0.150. The van der Waals surface area contributed by atoms with Crippen molar-refractivity contribution in [3.8, 4) is 0 Å². The number of hydrogen-bond acceptors (Lipinski definition) is 3. The van der Waals surface area contributed by atoms with Crippen LogP contribution >= 0.6 is 0 Å². The molecule has 1 aliphatic heterocycles. The molecule has 0 radical (unpaired) electrons. The zero-order valence-corrected chi connectivity index (χ0v) is 16.2. The number of ether oxygens (including phenoxy) is 1. The number of piperidine rings is 1. The SMILES string of the molecule is CCCCCCCOC(=O)C1CCN(C(=O)c2c(F)c(F)c(F)c(F)c2F)CC1. The van der Waals surface area contributed by atoms with Crippen LogP contribution in [0, 0.1) is 35.0 Å². The lowest BCUT2D eigenvalue weighted by Crippen LogP contribution is -2.41. The topological polar surface area (TPSA) is 46.6 Å². The third-order valence-corrected chi connectivity index (χ3v) is 5.03. The third kappa shape index (κ3) is 5.45. The molecular weight excluding hydrogens is 397 g/mol. The van der Waals surface area contributed by atoms with Crippen molar-refractivity contribution >= 4 is 11.9 Å². The van der Waals surface area contributed by atoms with Gasteiger partial charge >= 0.3 is 5.97 Å². The number of benzene rings is 1. The Labute approximate surface area is 166 Å². The van der Waals surface area contributed by atoms with Gasteiger partial charge in [-0.15, -0.1) is 0 Å². The van der Waals surface area contributed by atoms with Gasteiger partial charge in [-0.25, -0.2) is 22.0 Å². The molecule has 0 saturated carbocycles. The smallest absolute Gasteiger partial charge is 0.309 e. The Morgan fingerprint density at radius 1 is 0.862 bits per heavy atom. The second-order valence-corrected chi connectivity index (χ2v) is 7.09. The molecule has 0 spiro atoms. The highest BCUT2D eigenvalue weighted by Gasteiger charge is 2.35. The molecule has 0 bridgehead atoms. The molecule has 1 heterocycles. The Morgan fingerprint density at radius 3 is 1.93 bits per heavy atom. The van der Waals surface area contributed by atoms with Crippen LogP contribution in [-0.2, 0) is 9.53 Å². The van der Waals surface area contributed by atoms with Crippen LogP contribution in [0.3, 0.4) is 0 Å². The van der Waals surface area contributed by atoms with E-state index in [0.29, 0.717) is 6.61 Å². The largest absolute Gasteiger partial charge is 0.465 e. The van der Waals surface area contributed by atoms with E-state index in [4.69, 9.17) is 4.74 Å². The molecule has 1 saturated heterocycles. The van der Waals surface area contributed by atoms with Crippen LogP contribution in [0.2, 0.25) is 0 Å². The highest BCUT2D eigenvalue weighted by Crippen LogP contribution is 2.26. The Morgan fingerprint density at radius 2 is 1.38 bits per heavy atom. The molecule has 162 valence electrons. The molecule has 0 atom stereocenters. The van der Waals surface area contributed by atoms with E-state index in [0.717, 1.165) is 37.0 Å². The summed E-state index contributed by atoms with van der Waals surface area (Å²) in [6.45, 7) is 2.32. The number of rotatable bonds is 8. The zero-order valence-electron chi connectivity index (χ0n) is 16.2. The molecule has 0 unspecified atom stereocenters. The third-order valence-electron chi connectivity index (χ3n) is 5.03. The van der Waals surface area contributed by atoms with E-state index >= 15 is 0 Å². The normalized spacial score (nSPS) is 14.9. The minimum atomic E-state index is -2.31. The van der Waals surface area contributed by atoms with Crippen LogP contribution in [0.5, 0.6) is 0 Å². The quantitative estimate of drug-likeness (QED) is 0.200. The minimum absolute atomic E-state index is 0.0470. The number of hydrogen-bond donors (Lipinski definition) is 0. The number of likely N-dealkylation sites (tertiary alicyclic amines) is 1. The molecular formula is C20H24F5NO3. The number of amides is 1. The van der Waals surface area contributed by atoms with Crippen molar-refractivity contribution in [1.29, 1.82) is 0 Å². The van der Waals surface area contributed by atoms with Crippen LogP contribution in [0.1, 0.15) is 62.2 Å². The van der Waals surface area contributed by atoms with Crippen molar-refractivity contribution in [3.63, 3.8) is 0 Å². The van der Waals surface area contributed by atoms with Gasteiger partial charge in [-0.2, -0.15) is 0 Å². The van der Waals surface area contributed by atoms with Gasteiger partial charge in [0.05, 0.1) is 12.5 Å². The molecule has 0 aromatic heterocycles. The maximum atomic E-state index is 13.8. The fourth-order valence-corrected chi connectivity index (χ4v) is 3.27. The second-order valence-electron chi connectivity index (χ2n) is 7.09. The zero-order chi connectivity index (χ0) is 21.6. The van der Waals surface area contributed by atoms with E-state index in [1.165, 1.54) is 0 Å². The molecule has 2 rings (SSSR count). The molecule has 0 N–H and O–H groups in total. The average molecular weight is 421 g/mol. The first-order valence-electron chi connectivity index (χ1n) is 9.76. The van der Waals surface area contributed by atoms with E-state index in [9.17, 15) is 31.5 Å². The molecule has 4 nitrogen and oxygen atoms in total. The molecule has 1 aromatic carbocycles. The molecule has 0 aliphatic carbocycles. The summed E-state index contributed by atoms with van der Waals surface area (Å²) in [5.41, 5.74) is -1.48.